The lowest BCUT2D eigenvalue weighted by Crippen LogP contribution is -2.34. The van der Waals surface area contributed by atoms with E-state index < -0.39 is 4.92 Å². The van der Waals surface area contributed by atoms with E-state index in [4.69, 9.17) is 16.3 Å². The molecule has 0 fully saturated rings. The van der Waals surface area contributed by atoms with Gasteiger partial charge in [0.1, 0.15) is 30.3 Å². The third-order valence-electron chi connectivity index (χ3n) is 3.75. The van der Waals surface area contributed by atoms with Gasteiger partial charge in [-0.05, 0) is 38.1 Å². The number of aromatic nitrogens is 2. The van der Waals surface area contributed by atoms with Gasteiger partial charge < -0.3 is 9.64 Å². The van der Waals surface area contributed by atoms with Gasteiger partial charge in [-0.3, -0.25) is 19.6 Å². The number of rotatable bonds is 7. The minimum absolute atomic E-state index is 0.0541. The first-order chi connectivity index (χ1) is 11.8. The summed E-state index contributed by atoms with van der Waals surface area (Å²) in [5, 5.41) is 15.7. The number of benzene rings is 1. The molecule has 134 valence electrons. The highest BCUT2D eigenvalue weighted by Crippen LogP contribution is 2.21. The Kier molecular flexibility index (Phi) is 5.97. The van der Waals surface area contributed by atoms with Crippen LogP contribution < -0.4 is 4.74 Å². The van der Waals surface area contributed by atoms with E-state index in [1.54, 1.807) is 45.2 Å². The standard InChI is InChI=1S/C16H19ClN4O4/c1-11-16(21(23)24)12(2)20(18-11)10-15(22)19(3)8-9-25-14-6-4-13(17)5-7-14/h4-7H,8-10H2,1-3H3. The fraction of sp³-hybridized carbons (Fsp3) is 0.375. The number of nitrogens with zero attached hydrogens (tertiary/aromatic N) is 4. The van der Waals surface area contributed by atoms with Crippen LogP contribution in [-0.4, -0.2) is 45.7 Å². The molecule has 9 heteroatoms. The monoisotopic (exact) mass is 366 g/mol. The minimum Gasteiger partial charge on any atom is -0.492 e. The third-order valence-corrected chi connectivity index (χ3v) is 4.00. The molecule has 0 atom stereocenters. The van der Waals surface area contributed by atoms with E-state index >= 15 is 0 Å². The first-order valence-corrected chi connectivity index (χ1v) is 7.98. The normalized spacial score (nSPS) is 10.6. The van der Waals surface area contributed by atoms with Crippen LogP contribution in [0.15, 0.2) is 24.3 Å². The number of carbonyl (C=O) groups excluding carboxylic acids is 1. The zero-order valence-corrected chi connectivity index (χ0v) is 15.0. The molecule has 8 nitrogen and oxygen atoms in total. The molecule has 0 bridgehead atoms. The van der Waals surface area contributed by atoms with Crippen LogP contribution in [0.5, 0.6) is 5.75 Å². The maximum atomic E-state index is 12.3. The molecule has 1 aromatic carbocycles. The quantitative estimate of drug-likeness (QED) is 0.555. The van der Waals surface area contributed by atoms with Crippen molar-refractivity contribution in [3.05, 3.63) is 50.8 Å². The SMILES string of the molecule is Cc1nn(CC(=O)N(C)CCOc2ccc(Cl)cc2)c(C)c1[N+](=O)[O-]. The first-order valence-electron chi connectivity index (χ1n) is 7.60. The van der Waals surface area contributed by atoms with Gasteiger partial charge in [-0.2, -0.15) is 5.10 Å². The molecule has 0 spiro atoms. The van der Waals surface area contributed by atoms with Gasteiger partial charge in [0.2, 0.25) is 5.91 Å². The van der Waals surface area contributed by atoms with Crippen molar-refractivity contribution in [3.63, 3.8) is 0 Å². The van der Waals surface area contributed by atoms with Gasteiger partial charge >= 0.3 is 5.69 Å². The molecule has 2 rings (SSSR count). The van der Waals surface area contributed by atoms with Crippen LogP contribution in [-0.2, 0) is 11.3 Å². The summed E-state index contributed by atoms with van der Waals surface area (Å²) in [4.78, 5) is 24.3. The van der Waals surface area contributed by atoms with E-state index in [2.05, 4.69) is 5.10 Å². The Morgan fingerprint density at radius 1 is 1.36 bits per heavy atom. The Morgan fingerprint density at radius 3 is 2.56 bits per heavy atom. The van der Waals surface area contributed by atoms with E-state index in [0.717, 1.165) is 0 Å². The van der Waals surface area contributed by atoms with Crippen molar-refractivity contribution < 1.29 is 14.5 Å². The third kappa shape index (κ3) is 4.69. The summed E-state index contributed by atoms with van der Waals surface area (Å²) in [6.45, 7) is 3.77. The molecule has 0 N–H and O–H groups in total. The lowest BCUT2D eigenvalue weighted by molar-refractivity contribution is -0.386. The number of ether oxygens (including phenoxy) is 1. The van der Waals surface area contributed by atoms with Gasteiger partial charge in [0.05, 0.1) is 11.5 Å². The van der Waals surface area contributed by atoms with Crippen molar-refractivity contribution in [2.24, 2.45) is 0 Å². The zero-order chi connectivity index (χ0) is 18.6. The van der Waals surface area contributed by atoms with Crippen molar-refractivity contribution in [1.82, 2.24) is 14.7 Å². The molecule has 0 saturated heterocycles. The largest absolute Gasteiger partial charge is 0.492 e. The fourth-order valence-corrected chi connectivity index (χ4v) is 2.44. The molecular formula is C16H19ClN4O4. The summed E-state index contributed by atoms with van der Waals surface area (Å²) >= 11 is 5.80. The number of likely N-dealkylation sites (N-methyl/N-ethyl adjacent to an activating group) is 1. The smallest absolute Gasteiger partial charge is 0.312 e. The van der Waals surface area contributed by atoms with Crippen LogP contribution in [0.25, 0.3) is 0 Å². The second kappa shape index (κ2) is 7.98. The van der Waals surface area contributed by atoms with Crippen LogP contribution in [0.4, 0.5) is 5.69 Å². The molecule has 0 aliphatic rings. The second-order valence-electron chi connectivity index (χ2n) is 5.55. The van der Waals surface area contributed by atoms with Gasteiger partial charge in [-0.25, -0.2) is 0 Å². The number of hydrogen-bond donors (Lipinski definition) is 0. The van der Waals surface area contributed by atoms with Gasteiger partial charge in [0, 0.05) is 12.1 Å². The number of aryl methyl sites for hydroxylation is 1. The lowest BCUT2D eigenvalue weighted by Gasteiger charge is -2.17. The maximum absolute atomic E-state index is 12.3. The summed E-state index contributed by atoms with van der Waals surface area (Å²) in [7, 11) is 1.65. The molecule has 0 unspecified atom stereocenters. The van der Waals surface area contributed by atoms with Crippen LogP contribution >= 0.6 is 11.6 Å². The van der Waals surface area contributed by atoms with Crippen molar-refractivity contribution in [1.29, 1.82) is 0 Å². The summed E-state index contributed by atoms with van der Waals surface area (Å²) in [5.74, 6) is 0.458. The van der Waals surface area contributed by atoms with E-state index in [0.29, 0.717) is 35.3 Å². The van der Waals surface area contributed by atoms with Gasteiger partial charge in [0.15, 0.2) is 0 Å². The highest BCUT2D eigenvalue weighted by molar-refractivity contribution is 6.30. The molecule has 25 heavy (non-hydrogen) atoms. The molecule has 2 aromatic rings. The zero-order valence-electron chi connectivity index (χ0n) is 14.2. The lowest BCUT2D eigenvalue weighted by atomic mass is 10.3. The van der Waals surface area contributed by atoms with E-state index in [1.807, 2.05) is 0 Å². The highest BCUT2D eigenvalue weighted by Gasteiger charge is 2.23. The summed E-state index contributed by atoms with van der Waals surface area (Å²) in [6.07, 6.45) is 0. The van der Waals surface area contributed by atoms with E-state index in [1.165, 1.54) is 9.58 Å². The molecule has 1 heterocycles. The van der Waals surface area contributed by atoms with Crippen LogP contribution in [0, 0.1) is 24.0 Å². The van der Waals surface area contributed by atoms with Crippen LogP contribution in [0.1, 0.15) is 11.4 Å². The molecular weight excluding hydrogens is 348 g/mol. The molecule has 0 saturated carbocycles. The fourth-order valence-electron chi connectivity index (χ4n) is 2.31. The predicted octanol–water partition coefficient (Wildman–Crippen LogP) is 2.60. The minimum atomic E-state index is -0.484. The number of carbonyl (C=O) groups is 1. The molecule has 1 aromatic heterocycles. The number of hydrogen-bond acceptors (Lipinski definition) is 5. The van der Waals surface area contributed by atoms with E-state index in [-0.39, 0.29) is 18.1 Å². The Morgan fingerprint density at radius 2 is 2.00 bits per heavy atom. The van der Waals surface area contributed by atoms with Gasteiger partial charge in [-0.15, -0.1) is 0 Å². The molecule has 1 amide bonds. The van der Waals surface area contributed by atoms with Crippen molar-refractivity contribution in [3.8, 4) is 5.75 Å². The van der Waals surface area contributed by atoms with Crippen LogP contribution in [0.2, 0.25) is 5.02 Å². The van der Waals surface area contributed by atoms with E-state index in [9.17, 15) is 14.9 Å². The van der Waals surface area contributed by atoms with Gasteiger partial charge in [0.25, 0.3) is 0 Å². The second-order valence-corrected chi connectivity index (χ2v) is 5.99. The number of halogens is 1. The van der Waals surface area contributed by atoms with Crippen molar-refractivity contribution >= 4 is 23.2 Å². The Labute approximate surface area is 150 Å². The summed E-state index contributed by atoms with van der Waals surface area (Å²) in [5.41, 5.74) is 0.604. The van der Waals surface area contributed by atoms with Gasteiger partial charge in [-0.1, -0.05) is 11.6 Å². The Hall–Kier alpha value is -2.61. The Balaban J connectivity index is 1.89. The maximum Gasteiger partial charge on any atom is 0.312 e. The van der Waals surface area contributed by atoms with Crippen molar-refractivity contribution in [2.45, 2.75) is 20.4 Å². The number of nitro groups is 1. The number of amides is 1. The molecule has 0 radical (unpaired) electrons. The topological polar surface area (TPSA) is 90.5 Å². The predicted molar refractivity (Wildman–Crippen MR) is 92.9 cm³/mol. The van der Waals surface area contributed by atoms with Crippen molar-refractivity contribution in [2.75, 3.05) is 20.2 Å². The molecule has 0 aliphatic heterocycles. The van der Waals surface area contributed by atoms with Crippen LogP contribution in [0.3, 0.4) is 0 Å². The average Bonchev–Trinajstić information content (AvgIpc) is 2.83. The Bertz CT molecular complexity index is 773. The first kappa shape index (κ1) is 18.7. The summed E-state index contributed by atoms with van der Waals surface area (Å²) < 4.78 is 6.90. The summed E-state index contributed by atoms with van der Waals surface area (Å²) in [6, 6.07) is 6.95. The molecule has 0 aliphatic carbocycles. The highest BCUT2D eigenvalue weighted by atomic mass is 35.5. The average molecular weight is 367 g/mol.